The van der Waals surface area contributed by atoms with Gasteiger partial charge in [0.05, 0.1) is 6.61 Å². The van der Waals surface area contributed by atoms with Gasteiger partial charge >= 0.3 is 0 Å². The highest BCUT2D eigenvalue weighted by atomic mass is 16.5. The molecule has 90 valence electrons. The quantitative estimate of drug-likeness (QED) is 0.700. The summed E-state index contributed by atoms with van der Waals surface area (Å²) in [6.07, 6.45) is 0. The van der Waals surface area contributed by atoms with Crippen molar-refractivity contribution < 1.29 is 4.74 Å². The third-order valence-electron chi connectivity index (χ3n) is 3.13. The first-order valence-electron chi connectivity index (χ1n) is 5.91. The van der Waals surface area contributed by atoms with Gasteiger partial charge in [-0.25, -0.2) is 0 Å². The number of nitrogens with two attached hydrogens (primary N) is 1. The lowest BCUT2D eigenvalue weighted by atomic mass is 10.1. The topological polar surface area (TPSA) is 41.7 Å². The Kier molecular flexibility index (Phi) is 5.53. The summed E-state index contributed by atoms with van der Waals surface area (Å²) in [5, 5.41) is 0. The normalized spacial score (nSPS) is 26.8. The van der Waals surface area contributed by atoms with Crippen molar-refractivity contribution in [3.8, 4) is 0 Å². The van der Waals surface area contributed by atoms with E-state index in [4.69, 9.17) is 10.5 Å². The van der Waals surface area contributed by atoms with Gasteiger partial charge in [0.2, 0.25) is 0 Å². The van der Waals surface area contributed by atoms with E-state index in [-0.39, 0.29) is 0 Å². The van der Waals surface area contributed by atoms with E-state index < -0.39 is 0 Å². The van der Waals surface area contributed by atoms with Gasteiger partial charge in [0.25, 0.3) is 0 Å². The predicted molar refractivity (Wildman–Crippen MR) is 63.0 cm³/mol. The molecule has 2 N–H and O–H groups in total. The molecule has 2 atom stereocenters. The van der Waals surface area contributed by atoms with E-state index in [0.29, 0.717) is 12.1 Å². The lowest BCUT2D eigenvalue weighted by Gasteiger charge is -2.42. The standard InChI is InChI=1S/C11H25N3O/c1-4-15-9-10(2)14-6-5-13(3)8-11(14)7-12/h10-11H,4-9,12H2,1-3H3. The molecule has 0 aromatic heterocycles. The molecule has 1 heterocycles. The summed E-state index contributed by atoms with van der Waals surface area (Å²) in [6, 6.07) is 0.964. The molecule has 1 rings (SSSR count). The first-order chi connectivity index (χ1) is 7.19. The number of hydrogen-bond donors (Lipinski definition) is 1. The maximum atomic E-state index is 5.81. The largest absolute Gasteiger partial charge is 0.380 e. The maximum absolute atomic E-state index is 5.81. The van der Waals surface area contributed by atoms with Crippen molar-refractivity contribution in [2.45, 2.75) is 25.9 Å². The van der Waals surface area contributed by atoms with Crippen molar-refractivity contribution in [2.75, 3.05) is 46.4 Å². The van der Waals surface area contributed by atoms with E-state index in [0.717, 1.165) is 39.4 Å². The maximum Gasteiger partial charge on any atom is 0.0619 e. The van der Waals surface area contributed by atoms with Crippen molar-refractivity contribution in [1.82, 2.24) is 9.80 Å². The van der Waals surface area contributed by atoms with Gasteiger partial charge in [-0.15, -0.1) is 0 Å². The zero-order valence-corrected chi connectivity index (χ0v) is 10.3. The van der Waals surface area contributed by atoms with Crippen LogP contribution in [0, 0.1) is 0 Å². The Morgan fingerprint density at radius 1 is 1.47 bits per heavy atom. The first-order valence-corrected chi connectivity index (χ1v) is 5.91. The second-order valence-corrected chi connectivity index (χ2v) is 4.40. The summed E-state index contributed by atoms with van der Waals surface area (Å²) in [7, 11) is 2.16. The van der Waals surface area contributed by atoms with Gasteiger partial charge in [0.1, 0.15) is 0 Å². The van der Waals surface area contributed by atoms with Crippen LogP contribution in [0.3, 0.4) is 0 Å². The molecule has 1 fully saturated rings. The van der Waals surface area contributed by atoms with E-state index in [1.807, 2.05) is 6.92 Å². The minimum absolute atomic E-state index is 0.479. The number of nitrogens with zero attached hydrogens (tertiary/aromatic N) is 2. The Bertz CT molecular complexity index is 177. The summed E-state index contributed by atoms with van der Waals surface area (Å²) in [5.74, 6) is 0. The molecule has 15 heavy (non-hydrogen) atoms. The fraction of sp³-hybridized carbons (Fsp3) is 1.00. The first kappa shape index (κ1) is 12.9. The van der Waals surface area contributed by atoms with Gasteiger partial charge in [-0.2, -0.15) is 0 Å². The lowest BCUT2D eigenvalue weighted by molar-refractivity contribution is 0.0164. The highest BCUT2D eigenvalue weighted by Gasteiger charge is 2.27. The Labute approximate surface area is 93.4 Å². The van der Waals surface area contributed by atoms with Crippen LogP contribution in [0.5, 0.6) is 0 Å². The molecule has 1 saturated heterocycles. The predicted octanol–water partition coefficient (Wildman–Crippen LogP) is -0.0139. The van der Waals surface area contributed by atoms with Crippen LogP contribution in [-0.2, 0) is 4.74 Å². The molecule has 0 saturated carbocycles. The molecule has 4 heteroatoms. The molecule has 2 unspecified atom stereocenters. The summed E-state index contributed by atoms with van der Waals surface area (Å²) < 4.78 is 5.47. The average molecular weight is 215 g/mol. The fourth-order valence-corrected chi connectivity index (χ4v) is 2.20. The van der Waals surface area contributed by atoms with Gasteiger partial charge in [0.15, 0.2) is 0 Å². The molecule has 0 spiro atoms. The summed E-state index contributed by atoms with van der Waals surface area (Å²) >= 11 is 0. The third kappa shape index (κ3) is 3.72. The Balaban J connectivity index is 2.43. The SMILES string of the molecule is CCOCC(C)N1CCN(C)CC1CN. The molecule has 1 aliphatic rings. The minimum atomic E-state index is 0.479. The van der Waals surface area contributed by atoms with Crippen LogP contribution < -0.4 is 5.73 Å². The van der Waals surface area contributed by atoms with Gasteiger partial charge in [-0.3, -0.25) is 4.90 Å². The molecular weight excluding hydrogens is 190 g/mol. The van der Waals surface area contributed by atoms with E-state index in [1.54, 1.807) is 0 Å². The number of ether oxygens (including phenoxy) is 1. The van der Waals surface area contributed by atoms with E-state index in [1.165, 1.54) is 0 Å². The Morgan fingerprint density at radius 3 is 2.80 bits per heavy atom. The van der Waals surface area contributed by atoms with E-state index >= 15 is 0 Å². The van der Waals surface area contributed by atoms with Crippen LogP contribution in [0.25, 0.3) is 0 Å². The van der Waals surface area contributed by atoms with E-state index in [9.17, 15) is 0 Å². The van der Waals surface area contributed by atoms with Crippen LogP contribution in [0.4, 0.5) is 0 Å². The van der Waals surface area contributed by atoms with Crippen LogP contribution in [0.2, 0.25) is 0 Å². The average Bonchev–Trinajstić information content (AvgIpc) is 2.25. The van der Waals surface area contributed by atoms with Crippen LogP contribution in [0.1, 0.15) is 13.8 Å². The van der Waals surface area contributed by atoms with Gasteiger partial charge in [-0.05, 0) is 20.9 Å². The molecule has 1 aliphatic heterocycles. The second-order valence-electron chi connectivity index (χ2n) is 4.40. The summed E-state index contributed by atoms with van der Waals surface area (Å²) in [4.78, 5) is 4.83. The molecular formula is C11H25N3O. The molecule has 0 amide bonds. The molecule has 0 bridgehead atoms. The number of hydrogen-bond acceptors (Lipinski definition) is 4. The lowest BCUT2D eigenvalue weighted by Crippen LogP contribution is -2.58. The zero-order valence-electron chi connectivity index (χ0n) is 10.3. The second kappa shape index (κ2) is 6.43. The minimum Gasteiger partial charge on any atom is -0.380 e. The molecule has 0 aromatic rings. The number of likely N-dealkylation sites (N-methyl/N-ethyl adjacent to an activating group) is 1. The van der Waals surface area contributed by atoms with Crippen LogP contribution in [-0.4, -0.2) is 68.3 Å². The van der Waals surface area contributed by atoms with Crippen molar-refractivity contribution in [1.29, 1.82) is 0 Å². The summed E-state index contributed by atoms with van der Waals surface area (Å²) in [5.41, 5.74) is 5.81. The third-order valence-corrected chi connectivity index (χ3v) is 3.13. The van der Waals surface area contributed by atoms with Crippen LogP contribution in [0.15, 0.2) is 0 Å². The van der Waals surface area contributed by atoms with Gasteiger partial charge in [0, 0.05) is 44.9 Å². The van der Waals surface area contributed by atoms with E-state index in [2.05, 4.69) is 23.8 Å². The highest BCUT2D eigenvalue weighted by molar-refractivity contribution is 4.84. The van der Waals surface area contributed by atoms with Crippen LogP contribution >= 0.6 is 0 Å². The Morgan fingerprint density at radius 2 is 2.20 bits per heavy atom. The molecule has 0 radical (unpaired) electrons. The highest BCUT2D eigenvalue weighted by Crippen LogP contribution is 2.11. The molecule has 4 nitrogen and oxygen atoms in total. The van der Waals surface area contributed by atoms with Crippen molar-refractivity contribution >= 4 is 0 Å². The van der Waals surface area contributed by atoms with Gasteiger partial charge in [-0.1, -0.05) is 0 Å². The zero-order chi connectivity index (χ0) is 11.3. The number of rotatable bonds is 5. The van der Waals surface area contributed by atoms with Gasteiger partial charge < -0.3 is 15.4 Å². The fourth-order valence-electron chi connectivity index (χ4n) is 2.20. The van der Waals surface area contributed by atoms with Crippen molar-refractivity contribution in [2.24, 2.45) is 5.73 Å². The monoisotopic (exact) mass is 215 g/mol. The number of piperazine rings is 1. The summed E-state index contributed by atoms with van der Waals surface area (Å²) in [6.45, 7) is 9.93. The van der Waals surface area contributed by atoms with Crippen molar-refractivity contribution in [3.05, 3.63) is 0 Å². The smallest absolute Gasteiger partial charge is 0.0619 e. The van der Waals surface area contributed by atoms with Crippen molar-refractivity contribution in [3.63, 3.8) is 0 Å². The molecule has 0 aromatic carbocycles. The Hall–Kier alpha value is -0.160. The molecule has 0 aliphatic carbocycles.